The molecule has 1 aromatic rings. The van der Waals surface area contributed by atoms with Crippen LogP contribution in [0.15, 0.2) is 11.2 Å². The minimum Gasteiger partial charge on any atom is -0.505 e. The van der Waals surface area contributed by atoms with Crippen LogP contribution >= 0.6 is 0 Å². The molecule has 0 atom stereocenters. The number of nitrogen functional groups attached to an aromatic ring is 1. The summed E-state index contributed by atoms with van der Waals surface area (Å²) in [7, 11) is 0. The lowest BCUT2D eigenvalue weighted by atomic mass is 10.0. The van der Waals surface area contributed by atoms with E-state index in [9.17, 15) is 5.11 Å². The summed E-state index contributed by atoms with van der Waals surface area (Å²) in [6, 6.07) is 1.95. The summed E-state index contributed by atoms with van der Waals surface area (Å²) in [4.78, 5) is 0. The molecule has 6 nitrogen and oxygen atoms in total. The van der Waals surface area contributed by atoms with Gasteiger partial charge in [-0.2, -0.15) is 0 Å². The number of aromatic hydroxyl groups is 1. The number of nitrogens with zero attached hydrogens (tertiary/aromatic N) is 1. The molecule has 0 radical (unpaired) electrons. The molecule has 0 saturated heterocycles. The Kier molecular flexibility index (Phi) is 1.90. The summed E-state index contributed by atoms with van der Waals surface area (Å²) < 4.78 is 0. The number of phenols is 1. The number of hydrogen-bond donors (Lipinski definition) is 5. The van der Waals surface area contributed by atoms with Gasteiger partial charge in [0.25, 0.3) is 0 Å². The molecule has 16 heavy (non-hydrogen) atoms. The molecule has 0 bridgehead atoms. The van der Waals surface area contributed by atoms with Crippen LogP contribution in [-0.4, -0.2) is 10.9 Å². The maximum atomic E-state index is 10.0. The number of nitrogens with one attached hydrogen (secondary N) is 3. The molecular formula is C10H13N5O. The monoisotopic (exact) mass is 219 g/mol. The minimum atomic E-state index is 0.109. The highest BCUT2D eigenvalue weighted by atomic mass is 16.3. The van der Waals surface area contributed by atoms with E-state index in [4.69, 9.17) is 5.73 Å². The van der Waals surface area contributed by atoms with E-state index in [2.05, 4.69) is 21.6 Å². The highest BCUT2D eigenvalue weighted by molar-refractivity contribution is 6.03. The number of rotatable bonds is 1. The van der Waals surface area contributed by atoms with Gasteiger partial charge in [-0.1, -0.05) is 0 Å². The number of anilines is 1. The van der Waals surface area contributed by atoms with Gasteiger partial charge in [0, 0.05) is 0 Å². The molecule has 6 N–H and O–H groups in total. The molecule has 1 heterocycles. The van der Waals surface area contributed by atoms with Crippen LogP contribution in [0.25, 0.3) is 0 Å². The number of nitrogens with two attached hydrogens (primary N) is 1. The van der Waals surface area contributed by atoms with Gasteiger partial charge < -0.3 is 10.8 Å². The van der Waals surface area contributed by atoms with Crippen LogP contribution < -0.4 is 22.2 Å². The maximum Gasteiger partial charge on any atom is 0.174 e. The third kappa shape index (κ3) is 1.20. The van der Waals surface area contributed by atoms with Crippen molar-refractivity contribution in [3.05, 3.63) is 22.8 Å². The van der Waals surface area contributed by atoms with Crippen molar-refractivity contribution in [2.24, 2.45) is 5.10 Å². The van der Waals surface area contributed by atoms with E-state index in [1.807, 2.05) is 6.07 Å². The van der Waals surface area contributed by atoms with Gasteiger partial charge in [-0.25, -0.2) is 5.53 Å². The summed E-state index contributed by atoms with van der Waals surface area (Å²) >= 11 is 0. The Morgan fingerprint density at radius 2 is 2.25 bits per heavy atom. The van der Waals surface area contributed by atoms with Crippen LogP contribution in [-0.2, 0) is 12.8 Å². The molecular weight excluding hydrogens is 206 g/mol. The minimum absolute atomic E-state index is 0.109. The lowest BCUT2D eigenvalue weighted by molar-refractivity contribution is 0.476. The lowest BCUT2D eigenvalue weighted by Gasteiger charge is -2.11. The fraction of sp³-hybridized carbons (Fsp3) is 0.300. The molecule has 0 amide bonds. The SMILES string of the molecule is Nc1c(O)c(C2=NNNN2)cc2c1CCC2. The van der Waals surface area contributed by atoms with Gasteiger partial charge >= 0.3 is 0 Å². The Balaban J connectivity index is 2.15. The van der Waals surface area contributed by atoms with Gasteiger partial charge in [0.05, 0.1) is 11.3 Å². The van der Waals surface area contributed by atoms with Crippen molar-refractivity contribution in [1.82, 2.24) is 16.5 Å². The topological polar surface area (TPSA) is 94.7 Å². The predicted octanol–water partition coefficient (Wildman–Crippen LogP) is -0.263. The highest BCUT2D eigenvalue weighted by Crippen LogP contribution is 2.36. The second kappa shape index (κ2) is 3.28. The molecule has 1 aliphatic heterocycles. The largest absolute Gasteiger partial charge is 0.505 e. The van der Waals surface area contributed by atoms with Crippen molar-refractivity contribution in [3.8, 4) is 5.75 Å². The number of amidine groups is 1. The van der Waals surface area contributed by atoms with Crippen LogP contribution in [0.5, 0.6) is 5.75 Å². The normalized spacial score (nSPS) is 17.6. The second-order valence-corrected chi connectivity index (χ2v) is 4.00. The van der Waals surface area contributed by atoms with E-state index in [-0.39, 0.29) is 5.75 Å². The summed E-state index contributed by atoms with van der Waals surface area (Å²) in [6.45, 7) is 0. The van der Waals surface area contributed by atoms with Crippen molar-refractivity contribution in [1.29, 1.82) is 0 Å². The van der Waals surface area contributed by atoms with Gasteiger partial charge in [-0.15, -0.1) is 10.6 Å². The Morgan fingerprint density at radius 3 is 3.00 bits per heavy atom. The number of hydrogen-bond acceptors (Lipinski definition) is 6. The van der Waals surface area contributed by atoms with Crippen molar-refractivity contribution >= 4 is 11.5 Å². The summed E-state index contributed by atoms with van der Waals surface area (Å²) in [5.41, 5.74) is 17.3. The molecule has 2 aliphatic rings. The predicted molar refractivity (Wildman–Crippen MR) is 60.5 cm³/mol. The molecule has 0 spiro atoms. The van der Waals surface area contributed by atoms with E-state index in [0.717, 1.165) is 24.8 Å². The summed E-state index contributed by atoms with van der Waals surface area (Å²) in [5.74, 6) is 0.663. The smallest absolute Gasteiger partial charge is 0.174 e. The van der Waals surface area contributed by atoms with E-state index < -0.39 is 0 Å². The number of benzene rings is 1. The van der Waals surface area contributed by atoms with Crippen molar-refractivity contribution in [2.75, 3.05) is 5.73 Å². The number of phenolic OH excluding ortho intramolecular Hbond substituents is 1. The third-order valence-corrected chi connectivity index (χ3v) is 3.07. The fourth-order valence-electron chi connectivity index (χ4n) is 2.27. The summed E-state index contributed by atoms with van der Waals surface area (Å²) in [5, 5.41) is 14.0. The zero-order valence-electron chi connectivity index (χ0n) is 8.67. The first kappa shape index (κ1) is 9.29. The van der Waals surface area contributed by atoms with Crippen LogP contribution in [0.4, 0.5) is 5.69 Å². The van der Waals surface area contributed by atoms with Crippen molar-refractivity contribution in [2.45, 2.75) is 19.3 Å². The van der Waals surface area contributed by atoms with E-state index in [1.54, 1.807) is 0 Å². The Bertz CT molecular complexity index is 483. The second-order valence-electron chi connectivity index (χ2n) is 4.00. The average molecular weight is 219 g/mol. The zero-order chi connectivity index (χ0) is 11.1. The van der Waals surface area contributed by atoms with Crippen LogP contribution in [0, 0.1) is 0 Å². The quantitative estimate of drug-likeness (QED) is 0.331. The van der Waals surface area contributed by atoms with Crippen LogP contribution in [0.1, 0.15) is 23.1 Å². The number of hydrazine groups is 2. The summed E-state index contributed by atoms with van der Waals surface area (Å²) in [6.07, 6.45) is 3.06. The fourth-order valence-corrected chi connectivity index (χ4v) is 2.27. The average Bonchev–Trinajstić information content (AvgIpc) is 2.92. The molecule has 3 rings (SSSR count). The number of hydrazone groups is 1. The van der Waals surface area contributed by atoms with Gasteiger partial charge in [0.2, 0.25) is 0 Å². The highest BCUT2D eigenvalue weighted by Gasteiger charge is 2.22. The van der Waals surface area contributed by atoms with Gasteiger partial charge in [0.1, 0.15) is 5.75 Å². The molecule has 0 saturated carbocycles. The molecule has 0 fully saturated rings. The Labute approximate surface area is 92.5 Å². The Morgan fingerprint density at radius 1 is 1.38 bits per heavy atom. The van der Waals surface area contributed by atoms with Crippen LogP contribution in [0.3, 0.4) is 0 Å². The van der Waals surface area contributed by atoms with Gasteiger partial charge in [0.15, 0.2) is 5.84 Å². The number of aryl methyl sites for hydroxylation is 1. The van der Waals surface area contributed by atoms with Gasteiger partial charge in [-0.3, -0.25) is 5.43 Å². The van der Waals surface area contributed by atoms with Crippen LogP contribution in [0.2, 0.25) is 0 Å². The van der Waals surface area contributed by atoms with Gasteiger partial charge in [-0.05, 0) is 36.5 Å². The maximum absolute atomic E-state index is 10.0. The standard InChI is InChI=1S/C10H13N5O/c11-8-6-3-1-2-5(6)4-7(9(8)16)10-12-14-15-13-10/h4,14-16H,1-3,11H2,(H,12,13). The third-order valence-electron chi connectivity index (χ3n) is 3.07. The molecule has 84 valence electrons. The molecule has 0 aromatic heterocycles. The first-order chi connectivity index (χ1) is 7.77. The van der Waals surface area contributed by atoms with E-state index in [0.29, 0.717) is 17.1 Å². The van der Waals surface area contributed by atoms with E-state index in [1.165, 1.54) is 5.56 Å². The first-order valence-corrected chi connectivity index (χ1v) is 5.24. The number of fused-ring (bicyclic) bond motifs is 1. The van der Waals surface area contributed by atoms with Crippen molar-refractivity contribution in [3.63, 3.8) is 0 Å². The Hall–Kier alpha value is -1.95. The molecule has 0 unspecified atom stereocenters. The molecule has 1 aromatic carbocycles. The van der Waals surface area contributed by atoms with Crippen molar-refractivity contribution < 1.29 is 5.11 Å². The molecule has 1 aliphatic carbocycles. The first-order valence-electron chi connectivity index (χ1n) is 5.24. The van der Waals surface area contributed by atoms with E-state index >= 15 is 0 Å². The molecule has 6 heteroatoms. The lowest BCUT2D eigenvalue weighted by Crippen LogP contribution is -2.35. The zero-order valence-corrected chi connectivity index (χ0v) is 8.67.